The minimum absolute atomic E-state index is 0.0949. The molecule has 0 radical (unpaired) electrons. The van der Waals surface area contributed by atoms with Gasteiger partial charge in [0, 0.05) is 30.8 Å². The Labute approximate surface area is 193 Å². The predicted molar refractivity (Wildman–Crippen MR) is 95.3 cm³/mol. The lowest BCUT2D eigenvalue weighted by Crippen LogP contribution is -2.72. The molecule has 1 rings (SSSR count). The summed E-state index contributed by atoms with van der Waals surface area (Å²) in [4.78, 5) is 1.36. The van der Waals surface area contributed by atoms with Crippen molar-refractivity contribution in [3.8, 4) is 0 Å². The molecule has 1 aromatic rings. The number of anilines is 1. The van der Waals surface area contributed by atoms with Crippen LogP contribution in [0, 0.1) is 0 Å². The third kappa shape index (κ3) is 4.78. The molecule has 1 atom stereocenters. The van der Waals surface area contributed by atoms with E-state index < -0.39 is 59.8 Å². The fourth-order valence-corrected chi connectivity index (χ4v) is 3.10. The predicted octanol–water partition coefficient (Wildman–Crippen LogP) is 7.33. The SMILES string of the molecule is CCN(CC)c1ccccc1C(O)CC(F)(F)C(F)(F)C(F)(F)C(F)(F)C(F)(F)C(F)(F)C(F)(F)F. The summed E-state index contributed by atoms with van der Waals surface area (Å²) in [7, 11) is 0. The van der Waals surface area contributed by atoms with Gasteiger partial charge in [0.25, 0.3) is 0 Å². The van der Waals surface area contributed by atoms with Gasteiger partial charge < -0.3 is 10.0 Å². The van der Waals surface area contributed by atoms with Gasteiger partial charge in [0.2, 0.25) is 0 Å². The van der Waals surface area contributed by atoms with Gasteiger partial charge >= 0.3 is 41.7 Å². The van der Waals surface area contributed by atoms with Gasteiger partial charge in [-0.1, -0.05) is 18.2 Å². The van der Waals surface area contributed by atoms with Crippen molar-refractivity contribution in [1.29, 1.82) is 0 Å². The van der Waals surface area contributed by atoms with Crippen molar-refractivity contribution < 1.29 is 71.0 Å². The minimum Gasteiger partial charge on any atom is -0.388 e. The number of aliphatic hydroxyl groups is 1. The number of aliphatic hydroxyl groups excluding tert-OH is 1. The summed E-state index contributed by atoms with van der Waals surface area (Å²) in [6.45, 7) is 3.32. The largest absolute Gasteiger partial charge is 0.460 e. The number of hydrogen-bond acceptors (Lipinski definition) is 2. The molecule has 0 aliphatic rings. The Bertz CT molecular complexity index is 893. The molecule has 2 nitrogen and oxygen atoms in total. The summed E-state index contributed by atoms with van der Waals surface area (Å²) in [6.07, 6.45) is -13.3. The maximum absolute atomic E-state index is 14.2. The van der Waals surface area contributed by atoms with Gasteiger partial charge in [0.05, 0.1) is 6.10 Å². The van der Waals surface area contributed by atoms with Crippen LogP contribution < -0.4 is 4.90 Å². The first-order valence-corrected chi connectivity index (χ1v) is 9.74. The van der Waals surface area contributed by atoms with Gasteiger partial charge in [-0.25, -0.2) is 0 Å². The van der Waals surface area contributed by atoms with Crippen molar-refractivity contribution in [2.24, 2.45) is 0 Å². The summed E-state index contributed by atoms with van der Waals surface area (Å²) >= 11 is 0. The van der Waals surface area contributed by atoms with Gasteiger partial charge in [-0.2, -0.15) is 65.9 Å². The number of benzene rings is 1. The number of rotatable bonds is 11. The number of nitrogens with zero attached hydrogens (tertiary/aromatic N) is 1. The van der Waals surface area contributed by atoms with Crippen LogP contribution in [-0.2, 0) is 0 Å². The maximum Gasteiger partial charge on any atom is 0.460 e. The zero-order chi connectivity index (χ0) is 28.8. The molecule has 0 amide bonds. The van der Waals surface area contributed by atoms with Crippen molar-refractivity contribution >= 4 is 5.69 Å². The molecule has 0 fully saturated rings. The van der Waals surface area contributed by atoms with Crippen molar-refractivity contribution in [3.05, 3.63) is 29.8 Å². The molecule has 1 aromatic carbocycles. The Balaban J connectivity index is 3.51. The van der Waals surface area contributed by atoms with Gasteiger partial charge in [-0.15, -0.1) is 0 Å². The van der Waals surface area contributed by atoms with Crippen LogP contribution in [0.4, 0.5) is 71.5 Å². The zero-order valence-corrected chi connectivity index (χ0v) is 18.1. The molecule has 17 heteroatoms. The lowest BCUT2D eigenvalue weighted by Gasteiger charge is -2.41. The van der Waals surface area contributed by atoms with Crippen LogP contribution in [-0.4, -0.2) is 59.9 Å². The first-order chi connectivity index (χ1) is 15.9. The normalized spacial score (nSPS) is 15.7. The van der Waals surface area contributed by atoms with Crippen LogP contribution >= 0.6 is 0 Å². The minimum atomic E-state index is -8.35. The molecule has 0 aliphatic carbocycles. The van der Waals surface area contributed by atoms with E-state index in [9.17, 15) is 71.0 Å². The molecule has 0 aromatic heterocycles. The first kappa shape index (κ1) is 32.0. The van der Waals surface area contributed by atoms with Crippen molar-refractivity contribution in [2.75, 3.05) is 18.0 Å². The molecular formula is C19H18F15NO. The molecule has 0 saturated carbocycles. The summed E-state index contributed by atoms with van der Waals surface area (Å²) in [5, 5.41) is 10.0. The third-order valence-electron chi connectivity index (χ3n) is 5.24. The van der Waals surface area contributed by atoms with E-state index >= 15 is 0 Å². The highest BCUT2D eigenvalue weighted by atomic mass is 19.4. The lowest BCUT2D eigenvalue weighted by atomic mass is 9.88. The van der Waals surface area contributed by atoms with E-state index in [0.29, 0.717) is 0 Å². The molecule has 36 heavy (non-hydrogen) atoms. The Morgan fingerprint density at radius 3 is 1.44 bits per heavy atom. The van der Waals surface area contributed by atoms with Crippen molar-refractivity contribution in [3.63, 3.8) is 0 Å². The lowest BCUT2D eigenvalue weighted by molar-refractivity contribution is -0.453. The van der Waals surface area contributed by atoms with E-state index in [0.717, 1.165) is 12.1 Å². The van der Waals surface area contributed by atoms with E-state index in [1.807, 2.05) is 0 Å². The highest BCUT2D eigenvalue weighted by Gasteiger charge is 2.93. The molecule has 210 valence electrons. The fraction of sp³-hybridized carbons (Fsp3) is 0.684. The Morgan fingerprint density at radius 1 is 0.639 bits per heavy atom. The van der Waals surface area contributed by atoms with Crippen LogP contribution in [0.1, 0.15) is 31.9 Å². The van der Waals surface area contributed by atoms with E-state index in [1.165, 1.54) is 30.9 Å². The van der Waals surface area contributed by atoms with Crippen LogP contribution in [0.25, 0.3) is 0 Å². The summed E-state index contributed by atoms with van der Waals surface area (Å²) in [5.74, 6) is -47.0. The highest BCUT2D eigenvalue weighted by molar-refractivity contribution is 5.54. The molecule has 0 aliphatic heterocycles. The standard InChI is InChI=1S/C19H18F15NO/c1-3-35(4-2)11-8-6-5-7-10(11)12(36)9-13(20,21)14(22,23)15(24,25)16(26,27)17(28,29)18(30,31)19(32,33)34/h5-8,12,36H,3-4,9H2,1-2H3. The number of halogens is 15. The van der Waals surface area contributed by atoms with Crippen LogP contribution in [0.3, 0.4) is 0 Å². The molecule has 0 spiro atoms. The Hall–Kier alpha value is -2.07. The van der Waals surface area contributed by atoms with Gasteiger partial charge in [0.1, 0.15) is 0 Å². The second kappa shape index (κ2) is 9.67. The maximum atomic E-state index is 14.2. The molecule has 1 unspecified atom stereocenters. The highest BCUT2D eigenvalue weighted by Crippen LogP contribution is 2.63. The second-order valence-corrected chi connectivity index (χ2v) is 7.53. The number of alkyl halides is 15. The number of para-hydroxylation sites is 1. The average molecular weight is 561 g/mol. The zero-order valence-electron chi connectivity index (χ0n) is 18.1. The van der Waals surface area contributed by atoms with Gasteiger partial charge in [0.15, 0.2) is 0 Å². The Morgan fingerprint density at radius 2 is 1.03 bits per heavy atom. The van der Waals surface area contributed by atoms with Crippen molar-refractivity contribution in [2.45, 2.75) is 68.1 Å². The smallest absolute Gasteiger partial charge is 0.388 e. The summed E-state index contributed by atoms with van der Waals surface area (Å²) in [6, 6.07) is 4.39. The van der Waals surface area contributed by atoms with E-state index in [1.54, 1.807) is 0 Å². The van der Waals surface area contributed by atoms with Crippen LogP contribution in [0.15, 0.2) is 24.3 Å². The fourth-order valence-electron chi connectivity index (χ4n) is 3.10. The summed E-state index contributed by atoms with van der Waals surface area (Å²) in [5.41, 5.74) is -0.705. The second-order valence-electron chi connectivity index (χ2n) is 7.53. The quantitative estimate of drug-likeness (QED) is 0.286. The van der Waals surface area contributed by atoms with Crippen LogP contribution in [0.2, 0.25) is 0 Å². The third-order valence-corrected chi connectivity index (χ3v) is 5.24. The van der Waals surface area contributed by atoms with Gasteiger partial charge in [-0.3, -0.25) is 0 Å². The van der Waals surface area contributed by atoms with Crippen molar-refractivity contribution in [1.82, 2.24) is 0 Å². The van der Waals surface area contributed by atoms with E-state index in [-0.39, 0.29) is 18.8 Å². The van der Waals surface area contributed by atoms with Gasteiger partial charge in [-0.05, 0) is 19.9 Å². The molecule has 0 saturated heterocycles. The molecule has 0 bridgehead atoms. The topological polar surface area (TPSA) is 23.5 Å². The Kier molecular flexibility index (Phi) is 8.58. The van der Waals surface area contributed by atoms with E-state index in [4.69, 9.17) is 0 Å². The summed E-state index contributed by atoms with van der Waals surface area (Å²) < 4.78 is 200. The number of hydrogen-bond donors (Lipinski definition) is 1. The molecule has 1 N–H and O–H groups in total. The van der Waals surface area contributed by atoms with Crippen LogP contribution in [0.5, 0.6) is 0 Å². The first-order valence-electron chi connectivity index (χ1n) is 9.74. The average Bonchev–Trinajstić information content (AvgIpc) is 2.73. The molecule has 0 heterocycles. The molecular weight excluding hydrogens is 543 g/mol. The van der Waals surface area contributed by atoms with E-state index in [2.05, 4.69) is 0 Å². The monoisotopic (exact) mass is 561 g/mol.